The molecule has 2 aromatic carbocycles. The number of hydrogen-bond donors (Lipinski definition) is 1. The fourth-order valence-electron chi connectivity index (χ4n) is 2.80. The highest BCUT2D eigenvalue weighted by molar-refractivity contribution is 7.99. The van der Waals surface area contributed by atoms with Crippen molar-refractivity contribution in [1.82, 2.24) is 4.98 Å². The van der Waals surface area contributed by atoms with E-state index in [-0.39, 0.29) is 24.6 Å². The number of fused-ring (bicyclic) bond motifs is 1. The first kappa shape index (κ1) is 19.7. The highest BCUT2D eigenvalue weighted by Gasteiger charge is 2.20. The molecule has 28 heavy (non-hydrogen) atoms. The molecule has 1 heterocycles. The molecular weight excluding hydrogens is 374 g/mol. The topological polar surface area (TPSA) is 85.5 Å². The number of aromatic nitrogens is 1. The van der Waals surface area contributed by atoms with E-state index in [1.165, 1.54) is 16.7 Å². The van der Waals surface area contributed by atoms with E-state index in [1.54, 1.807) is 19.2 Å². The Kier molecular flexibility index (Phi) is 6.49. The van der Waals surface area contributed by atoms with Crippen molar-refractivity contribution < 1.29 is 14.3 Å². The van der Waals surface area contributed by atoms with Crippen molar-refractivity contribution in [2.24, 2.45) is 5.73 Å². The average molecular weight is 395 g/mol. The number of para-hydroxylation sites is 3. The lowest BCUT2D eigenvalue weighted by atomic mass is 10.2. The number of anilines is 1. The van der Waals surface area contributed by atoms with Gasteiger partial charge in [-0.15, -0.1) is 0 Å². The van der Waals surface area contributed by atoms with E-state index in [1.807, 2.05) is 48.5 Å². The molecule has 0 saturated carbocycles. The van der Waals surface area contributed by atoms with Gasteiger partial charge in [0.1, 0.15) is 5.75 Å². The number of ether oxygens (including phenoxy) is 1. The quantitative estimate of drug-likeness (QED) is 0.592. The van der Waals surface area contributed by atoms with E-state index < -0.39 is 5.91 Å². The van der Waals surface area contributed by atoms with Crippen LogP contribution in [0.2, 0.25) is 0 Å². The molecule has 0 saturated heterocycles. The molecule has 2 amide bonds. The maximum Gasteiger partial charge on any atom is 0.237 e. The molecule has 3 aromatic rings. The summed E-state index contributed by atoms with van der Waals surface area (Å²) >= 11 is 1.35. The molecule has 0 fully saturated rings. The van der Waals surface area contributed by atoms with E-state index >= 15 is 0 Å². The molecule has 0 spiro atoms. The summed E-state index contributed by atoms with van der Waals surface area (Å²) in [5, 5.41) is 1.82. The molecule has 2 N–H and O–H groups in total. The number of amides is 2. The minimum Gasteiger partial charge on any atom is -0.495 e. The Morgan fingerprint density at radius 1 is 1.07 bits per heavy atom. The summed E-state index contributed by atoms with van der Waals surface area (Å²) in [6.45, 7) is 0.195. The van der Waals surface area contributed by atoms with Crippen LogP contribution in [0.3, 0.4) is 0 Å². The number of benzene rings is 2. The van der Waals surface area contributed by atoms with Crippen LogP contribution >= 0.6 is 11.8 Å². The molecule has 1 aromatic heterocycles. The van der Waals surface area contributed by atoms with Gasteiger partial charge in [-0.3, -0.25) is 9.59 Å². The van der Waals surface area contributed by atoms with Gasteiger partial charge in [0, 0.05) is 18.4 Å². The zero-order chi connectivity index (χ0) is 19.9. The van der Waals surface area contributed by atoms with Crippen molar-refractivity contribution in [3.05, 3.63) is 60.7 Å². The molecule has 0 aliphatic heterocycles. The van der Waals surface area contributed by atoms with Crippen LogP contribution in [0, 0.1) is 0 Å². The molecule has 3 rings (SSSR count). The predicted octanol–water partition coefficient (Wildman–Crippen LogP) is 3.24. The zero-order valence-corrected chi connectivity index (χ0v) is 16.3. The predicted molar refractivity (Wildman–Crippen MR) is 112 cm³/mol. The van der Waals surface area contributed by atoms with Gasteiger partial charge in [-0.1, -0.05) is 48.2 Å². The average Bonchev–Trinajstić information content (AvgIpc) is 2.72. The van der Waals surface area contributed by atoms with Crippen molar-refractivity contribution >= 4 is 40.2 Å². The lowest BCUT2D eigenvalue weighted by Gasteiger charge is -2.24. The Labute approximate surface area is 167 Å². The second-order valence-corrected chi connectivity index (χ2v) is 7.06. The number of rotatable bonds is 8. The van der Waals surface area contributed by atoms with Crippen LogP contribution in [0.25, 0.3) is 10.9 Å². The normalized spacial score (nSPS) is 10.6. The van der Waals surface area contributed by atoms with Crippen LogP contribution in [-0.4, -0.2) is 36.2 Å². The number of hydrogen-bond acceptors (Lipinski definition) is 5. The molecule has 0 atom stereocenters. The summed E-state index contributed by atoms with van der Waals surface area (Å²) in [5.74, 6) is 0.138. The fourth-order valence-corrected chi connectivity index (χ4v) is 3.55. The van der Waals surface area contributed by atoms with Crippen LogP contribution in [-0.2, 0) is 9.59 Å². The van der Waals surface area contributed by atoms with Crippen LogP contribution < -0.4 is 15.4 Å². The van der Waals surface area contributed by atoms with Crippen LogP contribution in [0.5, 0.6) is 5.75 Å². The van der Waals surface area contributed by atoms with Gasteiger partial charge in [-0.05, 0) is 24.3 Å². The summed E-state index contributed by atoms with van der Waals surface area (Å²) in [6.07, 6.45) is 0.0721. The van der Waals surface area contributed by atoms with Gasteiger partial charge in [0.2, 0.25) is 11.8 Å². The van der Waals surface area contributed by atoms with E-state index in [0.29, 0.717) is 11.4 Å². The molecule has 0 unspecified atom stereocenters. The molecule has 7 heteroatoms. The summed E-state index contributed by atoms with van der Waals surface area (Å²) < 4.78 is 5.37. The van der Waals surface area contributed by atoms with Crippen LogP contribution in [0.1, 0.15) is 6.42 Å². The van der Waals surface area contributed by atoms with E-state index in [4.69, 9.17) is 10.5 Å². The molecular formula is C21H21N3O3S. The van der Waals surface area contributed by atoms with Gasteiger partial charge in [0.25, 0.3) is 0 Å². The van der Waals surface area contributed by atoms with Gasteiger partial charge < -0.3 is 15.4 Å². The lowest BCUT2D eigenvalue weighted by molar-refractivity contribution is -0.118. The van der Waals surface area contributed by atoms with E-state index in [9.17, 15) is 9.59 Å². The Morgan fingerprint density at radius 2 is 1.82 bits per heavy atom. The standard InChI is InChI=1S/C21H21N3O3S/c1-27-18-9-5-4-8-17(18)24(13-12-19(22)25)21(26)14-28-20-11-10-15-6-2-3-7-16(15)23-20/h2-11H,12-14H2,1H3,(H2,22,25). The minimum atomic E-state index is -0.462. The molecule has 0 aliphatic carbocycles. The third-order valence-corrected chi connectivity index (χ3v) is 5.09. The smallest absolute Gasteiger partial charge is 0.237 e. The summed E-state index contributed by atoms with van der Waals surface area (Å²) in [7, 11) is 1.54. The van der Waals surface area contributed by atoms with Crippen LogP contribution in [0.15, 0.2) is 65.7 Å². The largest absolute Gasteiger partial charge is 0.495 e. The zero-order valence-electron chi connectivity index (χ0n) is 15.5. The third-order valence-electron chi connectivity index (χ3n) is 4.18. The number of carbonyl (C=O) groups excluding carboxylic acids is 2. The highest BCUT2D eigenvalue weighted by atomic mass is 32.2. The molecule has 0 bridgehead atoms. The Morgan fingerprint density at radius 3 is 2.61 bits per heavy atom. The number of carbonyl (C=O) groups is 2. The van der Waals surface area contributed by atoms with Gasteiger partial charge in [0.15, 0.2) is 0 Å². The molecule has 0 radical (unpaired) electrons. The number of pyridine rings is 1. The number of thioether (sulfide) groups is 1. The Bertz CT molecular complexity index is 993. The summed E-state index contributed by atoms with van der Waals surface area (Å²) in [5.41, 5.74) is 6.78. The molecule has 6 nitrogen and oxygen atoms in total. The number of nitrogens with two attached hydrogens (primary N) is 1. The highest BCUT2D eigenvalue weighted by Crippen LogP contribution is 2.29. The first-order valence-electron chi connectivity index (χ1n) is 8.79. The number of primary amides is 1. The van der Waals surface area contributed by atoms with E-state index in [2.05, 4.69) is 4.98 Å². The summed E-state index contributed by atoms with van der Waals surface area (Å²) in [6, 6.07) is 18.9. The summed E-state index contributed by atoms with van der Waals surface area (Å²) in [4.78, 5) is 30.3. The minimum absolute atomic E-state index is 0.0721. The third kappa shape index (κ3) is 4.80. The van der Waals surface area contributed by atoms with Crippen molar-refractivity contribution in [2.45, 2.75) is 11.4 Å². The monoisotopic (exact) mass is 395 g/mol. The number of nitrogens with zero attached hydrogens (tertiary/aromatic N) is 2. The first-order valence-corrected chi connectivity index (χ1v) is 9.77. The van der Waals surface area contributed by atoms with Gasteiger partial charge in [0.05, 0.1) is 29.1 Å². The fraction of sp³-hybridized carbons (Fsp3) is 0.190. The van der Waals surface area contributed by atoms with Crippen molar-refractivity contribution in [1.29, 1.82) is 0 Å². The van der Waals surface area contributed by atoms with Crippen LogP contribution in [0.4, 0.5) is 5.69 Å². The van der Waals surface area contributed by atoms with E-state index in [0.717, 1.165) is 15.9 Å². The second-order valence-electron chi connectivity index (χ2n) is 6.06. The van der Waals surface area contributed by atoms with Crippen molar-refractivity contribution in [2.75, 3.05) is 24.3 Å². The molecule has 0 aliphatic rings. The maximum atomic E-state index is 12.9. The second kappa shape index (κ2) is 9.23. The number of methoxy groups -OCH3 is 1. The van der Waals surface area contributed by atoms with Crippen molar-refractivity contribution in [3.8, 4) is 5.75 Å². The SMILES string of the molecule is COc1ccccc1N(CCC(N)=O)C(=O)CSc1ccc2ccccc2n1. The Hall–Kier alpha value is -3.06. The lowest BCUT2D eigenvalue weighted by Crippen LogP contribution is -2.35. The Balaban J connectivity index is 1.77. The molecule has 144 valence electrons. The van der Waals surface area contributed by atoms with Gasteiger partial charge >= 0.3 is 0 Å². The first-order chi connectivity index (χ1) is 13.6. The van der Waals surface area contributed by atoms with Gasteiger partial charge in [-0.25, -0.2) is 4.98 Å². The van der Waals surface area contributed by atoms with Crippen molar-refractivity contribution in [3.63, 3.8) is 0 Å². The maximum absolute atomic E-state index is 12.9. The van der Waals surface area contributed by atoms with Gasteiger partial charge in [-0.2, -0.15) is 0 Å².